The van der Waals surface area contributed by atoms with E-state index in [-0.39, 0.29) is 0 Å². The van der Waals surface area contributed by atoms with Gasteiger partial charge in [0, 0.05) is 27.5 Å². The average Bonchev–Trinajstić information content (AvgIpc) is 3.95. The third-order valence-corrected chi connectivity index (χ3v) is 13.7. The van der Waals surface area contributed by atoms with Crippen LogP contribution in [0.2, 0.25) is 0 Å². The molecule has 0 unspecified atom stereocenters. The van der Waals surface area contributed by atoms with Crippen molar-refractivity contribution in [3.05, 3.63) is 271 Å². The highest BCUT2D eigenvalue weighted by Crippen LogP contribution is 2.56. The van der Waals surface area contributed by atoms with Crippen molar-refractivity contribution in [2.24, 2.45) is 0 Å². The van der Waals surface area contributed by atoms with Crippen LogP contribution in [0.25, 0.3) is 101 Å². The molecule has 68 heavy (non-hydrogen) atoms. The fourth-order valence-electron chi connectivity index (χ4n) is 10.5. The molecule has 12 aromatic rings. The molecule has 1 aliphatic carbocycles. The van der Waals surface area contributed by atoms with Crippen molar-refractivity contribution in [3.8, 4) is 78.7 Å². The van der Waals surface area contributed by atoms with Crippen molar-refractivity contribution >= 4 is 21.9 Å². The van der Waals surface area contributed by atoms with Gasteiger partial charge in [0.1, 0.15) is 11.2 Å². The maximum absolute atomic E-state index is 6.75. The highest BCUT2D eigenvalue weighted by atomic mass is 16.3. The third-order valence-electron chi connectivity index (χ3n) is 13.7. The first kappa shape index (κ1) is 39.4. The van der Waals surface area contributed by atoms with E-state index < -0.39 is 5.41 Å². The Morgan fingerprint density at radius 2 is 0.721 bits per heavy atom. The molecule has 0 saturated carbocycles. The number of furan rings is 1. The Kier molecular flexibility index (Phi) is 9.36. The van der Waals surface area contributed by atoms with Gasteiger partial charge < -0.3 is 4.42 Å². The summed E-state index contributed by atoms with van der Waals surface area (Å²) in [7, 11) is 0. The maximum Gasteiger partial charge on any atom is 0.164 e. The molecular weight excluding hydrogens is 827 g/mol. The normalized spacial score (nSPS) is 12.5. The fraction of sp³-hybridized carbons (Fsp3) is 0.0156. The Labute approximate surface area is 394 Å². The van der Waals surface area contributed by atoms with E-state index in [0.29, 0.717) is 17.5 Å². The number of fused-ring (bicyclic) bond motifs is 6. The molecule has 10 aromatic carbocycles. The number of benzene rings is 10. The summed E-state index contributed by atoms with van der Waals surface area (Å²) in [6.07, 6.45) is 0. The number of hydrogen-bond donors (Lipinski definition) is 0. The lowest BCUT2D eigenvalue weighted by Crippen LogP contribution is -2.28. The van der Waals surface area contributed by atoms with Gasteiger partial charge in [-0.3, -0.25) is 0 Å². The van der Waals surface area contributed by atoms with Crippen molar-refractivity contribution in [2.45, 2.75) is 5.41 Å². The lowest BCUT2D eigenvalue weighted by Gasteiger charge is -2.33. The van der Waals surface area contributed by atoms with Crippen LogP contribution in [0.4, 0.5) is 0 Å². The van der Waals surface area contributed by atoms with Crippen LogP contribution in [0.15, 0.2) is 253 Å². The largest absolute Gasteiger partial charge is 0.456 e. The first-order chi connectivity index (χ1) is 33.7. The minimum Gasteiger partial charge on any atom is -0.456 e. The summed E-state index contributed by atoms with van der Waals surface area (Å²) in [5.74, 6) is 1.80. The number of aromatic nitrogens is 3. The summed E-state index contributed by atoms with van der Waals surface area (Å²) in [6.45, 7) is 0. The lowest BCUT2D eigenvalue weighted by molar-refractivity contribution is 0.668. The Morgan fingerprint density at radius 1 is 0.279 bits per heavy atom. The molecule has 0 bridgehead atoms. The predicted molar refractivity (Wildman–Crippen MR) is 277 cm³/mol. The molecule has 2 heterocycles. The second-order valence-corrected chi connectivity index (χ2v) is 17.4. The molecule has 0 amide bonds. The molecule has 318 valence electrons. The average molecular weight is 868 g/mol. The Hall–Kier alpha value is -8.99. The van der Waals surface area contributed by atoms with Crippen LogP contribution in [-0.2, 0) is 5.41 Å². The fourth-order valence-corrected chi connectivity index (χ4v) is 10.5. The van der Waals surface area contributed by atoms with Gasteiger partial charge in [-0.05, 0) is 85.0 Å². The summed E-state index contributed by atoms with van der Waals surface area (Å²) in [5.41, 5.74) is 17.9. The summed E-state index contributed by atoms with van der Waals surface area (Å²) in [6, 6.07) is 88.1. The molecule has 4 heteroatoms. The first-order valence-electron chi connectivity index (χ1n) is 23.1. The first-order valence-corrected chi connectivity index (χ1v) is 23.1. The van der Waals surface area contributed by atoms with Crippen molar-refractivity contribution < 1.29 is 4.42 Å². The Bertz CT molecular complexity index is 3680. The number of nitrogens with zero attached hydrogens (tertiary/aromatic N) is 3. The van der Waals surface area contributed by atoms with Crippen molar-refractivity contribution in [2.75, 3.05) is 0 Å². The van der Waals surface area contributed by atoms with Crippen molar-refractivity contribution in [1.82, 2.24) is 15.0 Å². The van der Waals surface area contributed by atoms with E-state index >= 15 is 0 Å². The second kappa shape index (κ2) is 16.2. The third kappa shape index (κ3) is 6.41. The quantitative estimate of drug-likeness (QED) is 0.153. The minimum atomic E-state index is -0.546. The standard InChI is InChI=1S/C64H41N3O/c1-4-17-42(18-5-1)44-31-35-46(36-32-44)61-65-62(47-37-33-45(34-38-47)43-19-6-2-7-20-43)67-63(66-61)54-26-11-10-23-50(54)53-27-16-30-59-60(53)55-41-49(39-40-58(55)68-59)64(48-21-8-3-9-22-48)56-28-14-12-24-51(56)52-25-13-15-29-57(52)64/h1-41H. The second-order valence-electron chi connectivity index (χ2n) is 17.4. The van der Waals surface area contributed by atoms with E-state index in [1.807, 2.05) is 12.1 Å². The molecule has 0 fully saturated rings. The van der Waals surface area contributed by atoms with Gasteiger partial charge >= 0.3 is 0 Å². The molecule has 0 atom stereocenters. The van der Waals surface area contributed by atoms with Gasteiger partial charge in [0.25, 0.3) is 0 Å². The van der Waals surface area contributed by atoms with Crippen LogP contribution in [0.1, 0.15) is 22.3 Å². The molecule has 0 spiro atoms. The minimum absolute atomic E-state index is 0.546. The monoisotopic (exact) mass is 867 g/mol. The van der Waals surface area contributed by atoms with E-state index in [1.165, 1.54) is 33.4 Å². The number of hydrogen-bond acceptors (Lipinski definition) is 4. The molecule has 2 aromatic heterocycles. The molecule has 0 saturated heterocycles. The van der Waals surface area contributed by atoms with Crippen molar-refractivity contribution in [1.29, 1.82) is 0 Å². The highest BCUT2D eigenvalue weighted by molar-refractivity contribution is 6.14. The molecule has 1 aliphatic rings. The SMILES string of the molecule is c1ccc(-c2ccc(-c3nc(-c4ccc(-c5ccccc5)cc4)nc(-c4ccccc4-c4cccc5oc6ccc(C7(c8ccccc8)c8ccccc8-c8ccccc87)cc6c45)n3)cc2)cc1. The summed E-state index contributed by atoms with van der Waals surface area (Å²) in [5, 5.41) is 2.09. The highest BCUT2D eigenvalue weighted by Gasteiger charge is 2.46. The molecular formula is C64H41N3O. The van der Waals surface area contributed by atoms with Crippen LogP contribution < -0.4 is 0 Å². The number of rotatable bonds is 8. The van der Waals surface area contributed by atoms with Crippen LogP contribution in [-0.4, -0.2) is 15.0 Å². The van der Waals surface area contributed by atoms with Crippen LogP contribution >= 0.6 is 0 Å². The van der Waals surface area contributed by atoms with Crippen LogP contribution in [0.3, 0.4) is 0 Å². The van der Waals surface area contributed by atoms with Crippen molar-refractivity contribution in [3.63, 3.8) is 0 Å². The Morgan fingerprint density at radius 3 is 1.29 bits per heavy atom. The molecule has 0 radical (unpaired) electrons. The van der Waals surface area contributed by atoms with Gasteiger partial charge in [-0.25, -0.2) is 15.0 Å². The van der Waals surface area contributed by atoms with Gasteiger partial charge in [0.05, 0.1) is 5.41 Å². The lowest BCUT2D eigenvalue weighted by atomic mass is 9.67. The van der Waals surface area contributed by atoms with Gasteiger partial charge in [0.15, 0.2) is 17.5 Å². The van der Waals surface area contributed by atoms with Gasteiger partial charge in [-0.2, -0.15) is 0 Å². The maximum atomic E-state index is 6.75. The van der Waals surface area contributed by atoms with Gasteiger partial charge in [0.2, 0.25) is 0 Å². The van der Waals surface area contributed by atoms with E-state index in [2.05, 4.69) is 237 Å². The smallest absolute Gasteiger partial charge is 0.164 e. The molecule has 4 nitrogen and oxygen atoms in total. The predicted octanol–water partition coefficient (Wildman–Crippen LogP) is 16.1. The molecule has 0 aliphatic heterocycles. The molecule has 0 N–H and O–H groups in total. The Balaban J connectivity index is 0.994. The van der Waals surface area contributed by atoms with E-state index in [4.69, 9.17) is 19.4 Å². The van der Waals surface area contributed by atoms with Gasteiger partial charge in [-0.15, -0.1) is 0 Å². The van der Waals surface area contributed by atoms with Crippen LogP contribution in [0.5, 0.6) is 0 Å². The summed E-state index contributed by atoms with van der Waals surface area (Å²) < 4.78 is 6.75. The summed E-state index contributed by atoms with van der Waals surface area (Å²) in [4.78, 5) is 15.7. The zero-order valence-corrected chi connectivity index (χ0v) is 36.9. The van der Waals surface area contributed by atoms with E-state index in [0.717, 1.165) is 72.0 Å². The van der Waals surface area contributed by atoms with Crippen LogP contribution in [0, 0.1) is 0 Å². The zero-order valence-electron chi connectivity index (χ0n) is 36.9. The topological polar surface area (TPSA) is 51.8 Å². The molecule has 13 rings (SSSR count). The summed E-state index contributed by atoms with van der Waals surface area (Å²) >= 11 is 0. The zero-order chi connectivity index (χ0) is 45.0. The van der Waals surface area contributed by atoms with E-state index in [1.54, 1.807) is 0 Å². The van der Waals surface area contributed by atoms with Gasteiger partial charge in [-0.1, -0.05) is 231 Å². The van der Waals surface area contributed by atoms with E-state index in [9.17, 15) is 0 Å².